The van der Waals surface area contributed by atoms with E-state index in [-0.39, 0.29) is 11.8 Å². The van der Waals surface area contributed by atoms with Gasteiger partial charge in [0.25, 0.3) is 5.91 Å². The molecule has 1 heterocycles. The number of piperazine rings is 1. The summed E-state index contributed by atoms with van der Waals surface area (Å²) in [6, 6.07) is 0. The van der Waals surface area contributed by atoms with Gasteiger partial charge in [0.05, 0.1) is 0 Å². The van der Waals surface area contributed by atoms with Crippen LogP contribution in [-0.4, -0.2) is 61.0 Å². The molecule has 1 rings (SSSR count). The van der Waals surface area contributed by atoms with Gasteiger partial charge in [-0.2, -0.15) is 0 Å². The quantitative estimate of drug-likeness (QED) is 0.745. The smallest absolute Gasteiger partial charge is 0.251 e. The lowest BCUT2D eigenvalue weighted by atomic mass is 10.1. The minimum atomic E-state index is -0.400. The first-order chi connectivity index (χ1) is 8.45. The summed E-state index contributed by atoms with van der Waals surface area (Å²) in [5.74, 6) is 0.580. The average Bonchev–Trinajstić information content (AvgIpc) is 2.36. The van der Waals surface area contributed by atoms with E-state index >= 15 is 0 Å². The predicted molar refractivity (Wildman–Crippen MR) is 69.1 cm³/mol. The Balaban J connectivity index is 2.41. The summed E-state index contributed by atoms with van der Waals surface area (Å²) in [6.45, 7) is 8.31. The van der Waals surface area contributed by atoms with Crippen molar-refractivity contribution in [1.82, 2.24) is 9.80 Å². The molecule has 0 N–H and O–H groups in total. The van der Waals surface area contributed by atoms with Crippen molar-refractivity contribution in [2.45, 2.75) is 33.3 Å². The van der Waals surface area contributed by atoms with E-state index in [9.17, 15) is 9.59 Å². The van der Waals surface area contributed by atoms with E-state index in [1.807, 2.05) is 18.7 Å². The molecule has 1 saturated heterocycles. The summed E-state index contributed by atoms with van der Waals surface area (Å²) >= 11 is 0. The highest BCUT2D eigenvalue weighted by Crippen LogP contribution is 2.09. The normalized spacial score (nSPS) is 18.1. The highest BCUT2D eigenvalue weighted by Gasteiger charge is 2.26. The van der Waals surface area contributed by atoms with Gasteiger partial charge in [-0.15, -0.1) is 0 Å². The maximum Gasteiger partial charge on any atom is 0.251 e. The zero-order valence-corrected chi connectivity index (χ0v) is 11.8. The van der Waals surface area contributed by atoms with Crippen molar-refractivity contribution < 1.29 is 14.3 Å². The lowest BCUT2D eigenvalue weighted by Gasteiger charge is -2.36. The van der Waals surface area contributed by atoms with Crippen molar-refractivity contribution in [1.29, 1.82) is 0 Å². The summed E-state index contributed by atoms with van der Waals surface area (Å²) in [7, 11) is 1.53. The largest absolute Gasteiger partial charge is 0.372 e. The van der Waals surface area contributed by atoms with Gasteiger partial charge in [-0.3, -0.25) is 9.59 Å². The van der Waals surface area contributed by atoms with Crippen molar-refractivity contribution in [2.75, 3.05) is 33.3 Å². The molecule has 0 aromatic heterocycles. The fourth-order valence-electron chi connectivity index (χ4n) is 2.01. The van der Waals surface area contributed by atoms with Crippen molar-refractivity contribution in [3.8, 4) is 0 Å². The van der Waals surface area contributed by atoms with Crippen molar-refractivity contribution >= 4 is 11.8 Å². The van der Waals surface area contributed by atoms with Gasteiger partial charge < -0.3 is 14.5 Å². The minimum absolute atomic E-state index is 0.00783. The molecule has 18 heavy (non-hydrogen) atoms. The summed E-state index contributed by atoms with van der Waals surface area (Å²) in [5.41, 5.74) is 0. The summed E-state index contributed by atoms with van der Waals surface area (Å²) < 4.78 is 5.02. The van der Waals surface area contributed by atoms with Crippen LogP contribution in [0.4, 0.5) is 0 Å². The molecule has 5 nitrogen and oxygen atoms in total. The first kappa shape index (κ1) is 15.0. The van der Waals surface area contributed by atoms with Crippen LogP contribution in [0, 0.1) is 5.92 Å². The molecule has 1 atom stereocenters. The first-order valence-electron chi connectivity index (χ1n) is 6.55. The number of amides is 2. The fourth-order valence-corrected chi connectivity index (χ4v) is 2.01. The van der Waals surface area contributed by atoms with Crippen LogP contribution in [0.15, 0.2) is 0 Å². The molecule has 0 saturated carbocycles. The second-order valence-corrected chi connectivity index (χ2v) is 5.18. The van der Waals surface area contributed by atoms with Crippen LogP contribution in [0.3, 0.4) is 0 Å². The van der Waals surface area contributed by atoms with Gasteiger partial charge in [0.2, 0.25) is 5.91 Å². The number of nitrogens with zero attached hydrogens (tertiary/aromatic N) is 2. The minimum Gasteiger partial charge on any atom is -0.372 e. The lowest BCUT2D eigenvalue weighted by molar-refractivity contribution is -0.146. The number of hydrogen-bond acceptors (Lipinski definition) is 3. The SMILES string of the molecule is COC(C)C(=O)N1CCN(C(=O)CC(C)C)CC1. The van der Waals surface area contributed by atoms with Crippen molar-refractivity contribution in [3.63, 3.8) is 0 Å². The Morgan fingerprint density at radius 2 is 1.56 bits per heavy atom. The van der Waals surface area contributed by atoms with Crippen LogP contribution in [0.2, 0.25) is 0 Å². The third-order valence-corrected chi connectivity index (χ3v) is 3.23. The zero-order valence-electron chi connectivity index (χ0n) is 11.8. The zero-order chi connectivity index (χ0) is 13.7. The Morgan fingerprint density at radius 3 is 2.00 bits per heavy atom. The molecule has 0 radical (unpaired) electrons. The van der Waals surface area contributed by atoms with E-state index in [1.165, 1.54) is 7.11 Å². The predicted octanol–water partition coefficient (Wildman–Crippen LogP) is 0.738. The molecular weight excluding hydrogens is 232 g/mol. The molecule has 1 aliphatic rings. The van der Waals surface area contributed by atoms with E-state index < -0.39 is 6.10 Å². The van der Waals surface area contributed by atoms with Gasteiger partial charge in [0, 0.05) is 39.7 Å². The van der Waals surface area contributed by atoms with E-state index in [0.717, 1.165) is 0 Å². The molecule has 0 aromatic rings. The van der Waals surface area contributed by atoms with E-state index in [1.54, 1.807) is 11.8 Å². The summed E-state index contributed by atoms with van der Waals surface area (Å²) in [6.07, 6.45) is 0.186. The Bertz CT molecular complexity index is 297. The van der Waals surface area contributed by atoms with Gasteiger partial charge in [0.15, 0.2) is 0 Å². The molecule has 0 spiro atoms. The average molecular weight is 256 g/mol. The number of rotatable bonds is 4. The highest BCUT2D eigenvalue weighted by atomic mass is 16.5. The van der Waals surface area contributed by atoms with Crippen LogP contribution >= 0.6 is 0 Å². The van der Waals surface area contributed by atoms with Crippen LogP contribution < -0.4 is 0 Å². The standard InChI is InChI=1S/C13H24N2O3/c1-10(2)9-12(16)14-5-7-15(8-6-14)13(17)11(3)18-4/h10-11H,5-9H2,1-4H3. The second kappa shape index (κ2) is 6.73. The third-order valence-electron chi connectivity index (χ3n) is 3.23. The lowest BCUT2D eigenvalue weighted by Crippen LogP contribution is -2.52. The molecule has 5 heteroatoms. The molecule has 0 aromatic carbocycles. The number of ether oxygens (including phenoxy) is 1. The number of carbonyl (C=O) groups excluding carboxylic acids is 2. The van der Waals surface area contributed by atoms with Gasteiger partial charge in [-0.1, -0.05) is 13.8 Å². The van der Waals surface area contributed by atoms with Gasteiger partial charge in [0.1, 0.15) is 6.10 Å². The molecule has 0 aliphatic carbocycles. The molecule has 1 unspecified atom stereocenters. The number of carbonyl (C=O) groups is 2. The van der Waals surface area contributed by atoms with Crippen LogP contribution in [0.25, 0.3) is 0 Å². The Kier molecular flexibility index (Phi) is 5.59. The fraction of sp³-hybridized carbons (Fsp3) is 0.846. The van der Waals surface area contributed by atoms with Crippen molar-refractivity contribution in [3.05, 3.63) is 0 Å². The summed E-state index contributed by atoms with van der Waals surface area (Å²) in [4.78, 5) is 27.4. The maximum atomic E-state index is 11.9. The molecule has 104 valence electrons. The van der Waals surface area contributed by atoms with Gasteiger partial charge in [-0.25, -0.2) is 0 Å². The topological polar surface area (TPSA) is 49.9 Å². The van der Waals surface area contributed by atoms with E-state index in [4.69, 9.17) is 4.74 Å². The monoisotopic (exact) mass is 256 g/mol. The highest BCUT2D eigenvalue weighted by molar-refractivity contribution is 5.81. The second-order valence-electron chi connectivity index (χ2n) is 5.18. The Hall–Kier alpha value is -1.10. The summed E-state index contributed by atoms with van der Waals surface area (Å²) in [5, 5.41) is 0. The molecule has 2 amide bonds. The maximum absolute atomic E-state index is 11.9. The molecule has 1 fully saturated rings. The van der Waals surface area contributed by atoms with E-state index in [0.29, 0.717) is 38.5 Å². The van der Waals surface area contributed by atoms with Crippen LogP contribution in [0.1, 0.15) is 27.2 Å². The Labute approximate surface area is 109 Å². The molecule has 0 bridgehead atoms. The third kappa shape index (κ3) is 3.98. The first-order valence-corrected chi connectivity index (χ1v) is 6.55. The molecule has 1 aliphatic heterocycles. The van der Waals surface area contributed by atoms with Gasteiger partial charge >= 0.3 is 0 Å². The Morgan fingerprint density at radius 1 is 1.06 bits per heavy atom. The number of hydrogen-bond donors (Lipinski definition) is 0. The van der Waals surface area contributed by atoms with Crippen LogP contribution in [0.5, 0.6) is 0 Å². The van der Waals surface area contributed by atoms with Gasteiger partial charge in [-0.05, 0) is 12.8 Å². The number of methoxy groups -OCH3 is 1. The molecular formula is C13H24N2O3. The van der Waals surface area contributed by atoms with E-state index in [2.05, 4.69) is 0 Å². The van der Waals surface area contributed by atoms with Crippen molar-refractivity contribution in [2.24, 2.45) is 5.92 Å². The van der Waals surface area contributed by atoms with Crippen LogP contribution in [-0.2, 0) is 14.3 Å².